The number of unbranched alkanes of at least 4 members (excludes halogenated alkanes) is 1. The fraction of sp³-hybridized carbons (Fsp3) is 0.308. The Labute approximate surface area is 99.9 Å². The lowest BCUT2D eigenvalue weighted by Gasteiger charge is -2.04. The minimum absolute atomic E-state index is 0.756. The quantitative estimate of drug-likeness (QED) is 0.732. The maximum absolute atomic E-state index is 5.70. The molecule has 2 aromatic rings. The zero-order chi connectivity index (χ0) is 11.2. The van der Waals surface area contributed by atoms with E-state index in [1.54, 1.807) is 0 Å². The Morgan fingerprint density at radius 1 is 1.31 bits per heavy atom. The Kier molecular flexibility index (Phi) is 3.94. The van der Waals surface area contributed by atoms with Crippen LogP contribution in [0.5, 0.6) is 5.06 Å². The molecule has 0 saturated heterocycles. The summed E-state index contributed by atoms with van der Waals surface area (Å²) in [6, 6.07) is 10.1. The lowest BCUT2D eigenvalue weighted by Crippen LogP contribution is -1.95. The van der Waals surface area contributed by atoms with Gasteiger partial charge in [-0.25, -0.2) is 4.98 Å². The molecule has 0 N–H and O–H groups in total. The number of benzene rings is 1. The fourth-order valence-electron chi connectivity index (χ4n) is 1.39. The molecule has 0 atom stereocenters. The number of ether oxygens (including phenoxy) is 1. The van der Waals surface area contributed by atoms with Crippen molar-refractivity contribution in [2.45, 2.75) is 19.8 Å². The highest BCUT2D eigenvalue weighted by atomic mass is 32.1. The highest BCUT2D eigenvalue weighted by Gasteiger charge is 2.09. The molecule has 16 heavy (non-hydrogen) atoms. The first-order chi connectivity index (χ1) is 7.92. The van der Waals surface area contributed by atoms with Crippen molar-refractivity contribution in [1.29, 1.82) is 0 Å². The maximum Gasteiger partial charge on any atom is 0.202 e. The molecule has 2 nitrogen and oxygen atoms in total. The van der Waals surface area contributed by atoms with Crippen molar-refractivity contribution in [2.75, 3.05) is 6.61 Å². The standard InChI is InChI=1S/C13H14NOS/c1-2-3-9-15-13-12(14-10-16-13)11-7-5-4-6-8-11/h4-8H,2-3,9H2,1H3. The van der Waals surface area contributed by atoms with Crippen molar-refractivity contribution >= 4 is 11.3 Å². The van der Waals surface area contributed by atoms with Gasteiger partial charge in [0, 0.05) is 5.56 Å². The van der Waals surface area contributed by atoms with E-state index in [1.165, 1.54) is 11.3 Å². The van der Waals surface area contributed by atoms with Crippen LogP contribution in [0.25, 0.3) is 11.3 Å². The third-order valence-electron chi connectivity index (χ3n) is 2.27. The summed E-state index contributed by atoms with van der Waals surface area (Å²) in [4.78, 5) is 4.23. The predicted octanol–water partition coefficient (Wildman–Crippen LogP) is 3.79. The van der Waals surface area contributed by atoms with Gasteiger partial charge < -0.3 is 4.74 Å². The van der Waals surface area contributed by atoms with Gasteiger partial charge in [0.1, 0.15) is 5.69 Å². The van der Waals surface area contributed by atoms with Crippen molar-refractivity contribution in [3.63, 3.8) is 0 Å². The van der Waals surface area contributed by atoms with E-state index in [1.807, 2.05) is 30.3 Å². The van der Waals surface area contributed by atoms with E-state index in [0.29, 0.717) is 0 Å². The second-order valence-corrected chi connectivity index (χ2v) is 4.27. The van der Waals surface area contributed by atoms with Crippen molar-refractivity contribution < 1.29 is 4.74 Å². The SMILES string of the molecule is CCCCOc1s[c]nc1-c1ccccc1. The Morgan fingerprint density at radius 2 is 2.12 bits per heavy atom. The first-order valence-corrected chi connectivity index (χ1v) is 6.28. The molecular formula is C13H14NOS. The van der Waals surface area contributed by atoms with Crippen LogP contribution in [0.15, 0.2) is 30.3 Å². The first kappa shape index (κ1) is 11.1. The molecule has 1 radical (unpaired) electrons. The fourth-order valence-corrected chi connectivity index (χ4v) is 2.01. The van der Waals surface area contributed by atoms with Gasteiger partial charge in [-0.15, -0.1) is 0 Å². The summed E-state index contributed by atoms with van der Waals surface area (Å²) in [6.45, 7) is 2.91. The van der Waals surface area contributed by atoms with Gasteiger partial charge in [-0.05, 0) is 6.42 Å². The second kappa shape index (κ2) is 5.66. The van der Waals surface area contributed by atoms with E-state index in [-0.39, 0.29) is 0 Å². The number of rotatable bonds is 5. The summed E-state index contributed by atoms with van der Waals surface area (Å²) < 4.78 is 5.70. The van der Waals surface area contributed by atoms with Crippen LogP contribution >= 0.6 is 11.3 Å². The molecular weight excluding hydrogens is 218 g/mol. The summed E-state index contributed by atoms with van der Waals surface area (Å²) in [5.41, 5.74) is 4.88. The van der Waals surface area contributed by atoms with Crippen molar-refractivity contribution in [2.24, 2.45) is 0 Å². The molecule has 0 aliphatic heterocycles. The zero-order valence-corrected chi connectivity index (χ0v) is 10.1. The van der Waals surface area contributed by atoms with Crippen LogP contribution in [0.4, 0.5) is 0 Å². The normalized spacial score (nSPS) is 10.3. The monoisotopic (exact) mass is 232 g/mol. The van der Waals surface area contributed by atoms with Crippen molar-refractivity contribution in [3.8, 4) is 16.3 Å². The topological polar surface area (TPSA) is 22.1 Å². The molecule has 1 aromatic heterocycles. The molecule has 1 aromatic carbocycles. The van der Waals surface area contributed by atoms with Crippen LogP contribution in [0.1, 0.15) is 19.8 Å². The second-order valence-electron chi connectivity index (χ2n) is 3.51. The number of aromatic nitrogens is 1. The summed E-state index contributed by atoms with van der Waals surface area (Å²) in [7, 11) is 0. The lowest BCUT2D eigenvalue weighted by atomic mass is 10.2. The van der Waals surface area contributed by atoms with Gasteiger partial charge in [-0.1, -0.05) is 55.0 Å². The van der Waals surface area contributed by atoms with Gasteiger partial charge in [0.15, 0.2) is 5.51 Å². The van der Waals surface area contributed by atoms with Crippen LogP contribution in [0.3, 0.4) is 0 Å². The van der Waals surface area contributed by atoms with Gasteiger partial charge >= 0.3 is 0 Å². The Bertz CT molecular complexity index is 425. The van der Waals surface area contributed by atoms with Gasteiger partial charge in [0.05, 0.1) is 6.61 Å². The highest BCUT2D eigenvalue weighted by molar-refractivity contribution is 7.11. The average Bonchev–Trinajstić information content (AvgIpc) is 2.79. The summed E-state index contributed by atoms with van der Waals surface area (Å²) >= 11 is 1.44. The molecule has 0 spiro atoms. The Hall–Kier alpha value is -1.35. The van der Waals surface area contributed by atoms with E-state index in [0.717, 1.165) is 35.8 Å². The third-order valence-corrected chi connectivity index (χ3v) is 2.95. The zero-order valence-electron chi connectivity index (χ0n) is 9.27. The molecule has 0 fully saturated rings. The Morgan fingerprint density at radius 3 is 2.88 bits per heavy atom. The van der Waals surface area contributed by atoms with E-state index in [9.17, 15) is 0 Å². The smallest absolute Gasteiger partial charge is 0.202 e. The van der Waals surface area contributed by atoms with Crippen LogP contribution in [-0.2, 0) is 0 Å². The molecule has 0 amide bonds. The molecule has 2 rings (SSSR count). The average molecular weight is 232 g/mol. The molecule has 1 heterocycles. The summed E-state index contributed by atoms with van der Waals surface area (Å²) in [5.74, 6) is 0. The molecule has 0 unspecified atom stereocenters. The van der Waals surface area contributed by atoms with Crippen LogP contribution in [-0.4, -0.2) is 11.6 Å². The van der Waals surface area contributed by atoms with Crippen molar-refractivity contribution in [3.05, 3.63) is 35.8 Å². The number of hydrogen-bond acceptors (Lipinski definition) is 3. The largest absolute Gasteiger partial charge is 0.482 e. The maximum atomic E-state index is 5.70. The molecule has 0 saturated carbocycles. The van der Waals surface area contributed by atoms with Crippen LogP contribution in [0, 0.1) is 5.51 Å². The third kappa shape index (κ3) is 2.61. The Balaban J connectivity index is 2.13. The van der Waals surface area contributed by atoms with E-state index in [2.05, 4.69) is 17.4 Å². The highest BCUT2D eigenvalue weighted by Crippen LogP contribution is 2.32. The van der Waals surface area contributed by atoms with Gasteiger partial charge in [-0.2, -0.15) is 0 Å². The minimum Gasteiger partial charge on any atom is -0.482 e. The minimum atomic E-state index is 0.756. The predicted molar refractivity (Wildman–Crippen MR) is 66.8 cm³/mol. The molecule has 0 aliphatic carbocycles. The van der Waals surface area contributed by atoms with E-state index < -0.39 is 0 Å². The first-order valence-electron chi connectivity index (χ1n) is 5.47. The van der Waals surface area contributed by atoms with Crippen LogP contribution < -0.4 is 4.74 Å². The number of nitrogens with zero attached hydrogens (tertiary/aromatic N) is 1. The van der Waals surface area contributed by atoms with Gasteiger partial charge in [0.2, 0.25) is 5.06 Å². The molecule has 83 valence electrons. The molecule has 0 aliphatic rings. The van der Waals surface area contributed by atoms with Crippen LogP contribution in [0.2, 0.25) is 0 Å². The summed E-state index contributed by atoms with van der Waals surface area (Å²) in [6.07, 6.45) is 2.22. The lowest BCUT2D eigenvalue weighted by molar-refractivity contribution is 0.319. The number of thiazole rings is 1. The summed E-state index contributed by atoms with van der Waals surface area (Å²) in [5, 5.41) is 0.875. The van der Waals surface area contributed by atoms with E-state index >= 15 is 0 Å². The van der Waals surface area contributed by atoms with Gasteiger partial charge in [0.25, 0.3) is 0 Å². The van der Waals surface area contributed by atoms with E-state index in [4.69, 9.17) is 4.74 Å². The van der Waals surface area contributed by atoms with Gasteiger partial charge in [-0.3, -0.25) is 0 Å². The molecule has 0 bridgehead atoms. The number of hydrogen-bond donors (Lipinski definition) is 0. The molecule has 3 heteroatoms. The van der Waals surface area contributed by atoms with Crippen molar-refractivity contribution in [1.82, 2.24) is 4.98 Å².